The number of furan rings is 1. The van der Waals surface area contributed by atoms with Crippen molar-refractivity contribution < 1.29 is 18.7 Å². The lowest BCUT2D eigenvalue weighted by molar-refractivity contribution is 0.0907. The van der Waals surface area contributed by atoms with E-state index in [2.05, 4.69) is 21.2 Å². The van der Waals surface area contributed by atoms with Gasteiger partial charge >= 0.3 is 0 Å². The van der Waals surface area contributed by atoms with Gasteiger partial charge in [0.25, 0.3) is 5.91 Å². The van der Waals surface area contributed by atoms with Crippen LogP contribution >= 0.6 is 15.9 Å². The normalized spacial score (nSPS) is 11.7. The van der Waals surface area contributed by atoms with Crippen molar-refractivity contribution in [2.75, 3.05) is 14.2 Å². The molecule has 0 saturated heterocycles. The number of ether oxygens (including phenoxy) is 2. The SMILES string of the molecule is COc1ccc(CC(NC(=O)c2ccc(Br)o2)c2ccc(OC)cc2)cc1. The summed E-state index contributed by atoms with van der Waals surface area (Å²) in [5.74, 6) is 1.55. The number of rotatable bonds is 7. The molecular weight excluding hydrogens is 410 g/mol. The van der Waals surface area contributed by atoms with Crippen LogP contribution in [0.4, 0.5) is 0 Å². The standard InChI is InChI=1S/C21H20BrNO4/c1-25-16-7-3-14(4-8-16)13-18(15-5-9-17(26-2)10-6-15)23-21(24)19-11-12-20(22)27-19/h3-12,18H,13H2,1-2H3,(H,23,24). The third-order valence-electron chi connectivity index (χ3n) is 4.22. The number of hydrogen-bond donors (Lipinski definition) is 1. The lowest BCUT2D eigenvalue weighted by atomic mass is 9.98. The third-order valence-corrected chi connectivity index (χ3v) is 4.65. The Bertz CT molecular complexity index is 887. The number of methoxy groups -OCH3 is 2. The average Bonchev–Trinajstić information content (AvgIpc) is 3.14. The van der Waals surface area contributed by atoms with Gasteiger partial charge in [-0.15, -0.1) is 0 Å². The first-order valence-corrected chi connectivity index (χ1v) is 9.21. The molecule has 3 aromatic rings. The molecular formula is C21H20BrNO4. The quantitative estimate of drug-likeness (QED) is 0.587. The fraction of sp³-hybridized carbons (Fsp3) is 0.190. The Morgan fingerprint density at radius 1 is 0.963 bits per heavy atom. The Labute approximate surface area is 166 Å². The molecule has 0 aliphatic rings. The highest BCUT2D eigenvalue weighted by Gasteiger charge is 2.19. The zero-order valence-electron chi connectivity index (χ0n) is 15.1. The summed E-state index contributed by atoms with van der Waals surface area (Å²) in [4.78, 5) is 12.6. The van der Waals surface area contributed by atoms with Gasteiger partial charge in [0.05, 0.1) is 20.3 Å². The first-order valence-electron chi connectivity index (χ1n) is 8.42. The van der Waals surface area contributed by atoms with Crippen LogP contribution in [0.1, 0.15) is 27.7 Å². The van der Waals surface area contributed by atoms with Gasteiger partial charge < -0.3 is 19.2 Å². The summed E-state index contributed by atoms with van der Waals surface area (Å²) >= 11 is 3.22. The summed E-state index contributed by atoms with van der Waals surface area (Å²) in [5.41, 5.74) is 2.06. The van der Waals surface area contributed by atoms with Crippen LogP contribution in [0.2, 0.25) is 0 Å². The molecule has 1 atom stereocenters. The number of halogens is 1. The molecule has 1 aromatic heterocycles. The number of nitrogens with one attached hydrogen (secondary N) is 1. The van der Waals surface area contributed by atoms with E-state index >= 15 is 0 Å². The van der Waals surface area contributed by atoms with Crippen LogP contribution in [0.15, 0.2) is 69.8 Å². The van der Waals surface area contributed by atoms with E-state index in [9.17, 15) is 4.79 Å². The molecule has 0 saturated carbocycles. The fourth-order valence-electron chi connectivity index (χ4n) is 2.75. The molecule has 0 aliphatic heterocycles. The molecule has 0 bridgehead atoms. The zero-order chi connectivity index (χ0) is 19.2. The molecule has 2 aromatic carbocycles. The van der Waals surface area contributed by atoms with Crippen LogP contribution in [0.5, 0.6) is 11.5 Å². The second-order valence-electron chi connectivity index (χ2n) is 5.96. The van der Waals surface area contributed by atoms with E-state index in [-0.39, 0.29) is 17.7 Å². The number of benzene rings is 2. The average molecular weight is 430 g/mol. The van der Waals surface area contributed by atoms with Crippen LogP contribution in [-0.4, -0.2) is 20.1 Å². The molecule has 5 nitrogen and oxygen atoms in total. The van der Waals surface area contributed by atoms with Crippen molar-refractivity contribution in [3.8, 4) is 11.5 Å². The first kappa shape index (κ1) is 19.0. The van der Waals surface area contributed by atoms with Gasteiger partial charge in [-0.25, -0.2) is 0 Å². The molecule has 1 N–H and O–H groups in total. The topological polar surface area (TPSA) is 60.7 Å². The highest BCUT2D eigenvalue weighted by molar-refractivity contribution is 9.10. The highest BCUT2D eigenvalue weighted by Crippen LogP contribution is 2.24. The molecule has 1 heterocycles. The van der Waals surface area contributed by atoms with E-state index in [4.69, 9.17) is 13.9 Å². The van der Waals surface area contributed by atoms with Crippen molar-refractivity contribution in [2.24, 2.45) is 0 Å². The highest BCUT2D eigenvalue weighted by atomic mass is 79.9. The number of carbonyl (C=O) groups excluding carboxylic acids is 1. The van der Waals surface area contributed by atoms with E-state index in [1.165, 1.54) is 0 Å². The van der Waals surface area contributed by atoms with Crippen LogP contribution in [0.3, 0.4) is 0 Å². The maximum Gasteiger partial charge on any atom is 0.287 e. The second kappa shape index (κ2) is 8.77. The van der Waals surface area contributed by atoms with Gasteiger partial charge in [0.2, 0.25) is 0 Å². The van der Waals surface area contributed by atoms with E-state index < -0.39 is 0 Å². The van der Waals surface area contributed by atoms with Gasteiger partial charge in [-0.1, -0.05) is 24.3 Å². The van der Waals surface area contributed by atoms with Crippen molar-refractivity contribution in [3.05, 3.63) is 82.2 Å². The Morgan fingerprint density at radius 2 is 1.56 bits per heavy atom. The van der Waals surface area contributed by atoms with Crippen molar-refractivity contribution in [1.82, 2.24) is 5.32 Å². The smallest absolute Gasteiger partial charge is 0.287 e. The van der Waals surface area contributed by atoms with Gasteiger partial charge in [0.1, 0.15) is 11.5 Å². The number of amides is 1. The van der Waals surface area contributed by atoms with Crippen molar-refractivity contribution in [2.45, 2.75) is 12.5 Å². The van der Waals surface area contributed by atoms with E-state index in [1.54, 1.807) is 26.4 Å². The molecule has 140 valence electrons. The number of carbonyl (C=O) groups is 1. The zero-order valence-corrected chi connectivity index (χ0v) is 16.7. The minimum Gasteiger partial charge on any atom is -0.497 e. The van der Waals surface area contributed by atoms with Crippen LogP contribution in [-0.2, 0) is 6.42 Å². The molecule has 0 aliphatic carbocycles. The summed E-state index contributed by atoms with van der Waals surface area (Å²) in [6.45, 7) is 0. The summed E-state index contributed by atoms with van der Waals surface area (Å²) in [6.07, 6.45) is 0.629. The lowest BCUT2D eigenvalue weighted by Gasteiger charge is -2.19. The molecule has 1 unspecified atom stereocenters. The third kappa shape index (κ3) is 4.92. The van der Waals surface area contributed by atoms with Gasteiger partial charge in [-0.3, -0.25) is 4.79 Å². The number of hydrogen-bond acceptors (Lipinski definition) is 4. The molecule has 1 amide bonds. The van der Waals surface area contributed by atoms with E-state index in [1.807, 2.05) is 48.5 Å². The molecule has 6 heteroatoms. The van der Waals surface area contributed by atoms with Crippen LogP contribution in [0.25, 0.3) is 0 Å². The summed E-state index contributed by atoms with van der Waals surface area (Å²) in [5, 5.41) is 3.05. The molecule has 3 rings (SSSR count). The monoisotopic (exact) mass is 429 g/mol. The lowest BCUT2D eigenvalue weighted by Crippen LogP contribution is -2.29. The van der Waals surface area contributed by atoms with E-state index in [0.717, 1.165) is 22.6 Å². The minimum atomic E-state index is -0.268. The van der Waals surface area contributed by atoms with Crippen LogP contribution < -0.4 is 14.8 Å². The Balaban J connectivity index is 1.83. The summed E-state index contributed by atoms with van der Waals surface area (Å²) in [7, 11) is 3.26. The predicted molar refractivity (Wildman–Crippen MR) is 106 cm³/mol. The molecule has 0 radical (unpaired) electrons. The minimum absolute atomic E-state index is 0.222. The van der Waals surface area contributed by atoms with Gasteiger partial charge in [0, 0.05) is 0 Å². The Hall–Kier alpha value is -2.73. The summed E-state index contributed by atoms with van der Waals surface area (Å²) in [6, 6.07) is 18.6. The predicted octanol–water partition coefficient (Wildman–Crippen LogP) is 4.77. The molecule has 0 fully saturated rings. The summed E-state index contributed by atoms with van der Waals surface area (Å²) < 4.78 is 16.3. The van der Waals surface area contributed by atoms with E-state index in [0.29, 0.717) is 11.1 Å². The maximum absolute atomic E-state index is 12.6. The van der Waals surface area contributed by atoms with Gasteiger partial charge in [-0.05, 0) is 69.9 Å². The van der Waals surface area contributed by atoms with Crippen molar-refractivity contribution in [1.29, 1.82) is 0 Å². The van der Waals surface area contributed by atoms with Crippen molar-refractivity contribution >= 4 is 21.8 Å². The largest absolute Gasteiger partial charge is 0.497 e. The maximum atomic E-state index is 12.6. The van der Waals surface area contributed by atoms with Crippen LogP contribution in [0, 0.1) is 0 Å². The first-order chi connectivity index (χ1) is 13.1. The van der Waals surface area contributed by atoms with Gasteiger partial charge in [-0.2, -0.15) is 0 Å². The van der Waals surface area contributed by atoms with Crippen molar-refractivity contribution in [3.63, 3.8) is 0 Å². The Kier molecular flexibility index (Phi) is 6.19. The molecule has 27 heavy (non-hydrogen) atoms. The fourth-order valence-corrected chi connectivity index (χ4v) is 3.06. The Morgan fingerprint density at radius 3 is 2.07 bits per heavy atom. The molecule has 0 spiro atoms. The second-order valence-corrected chi connectivity index (χ2v) is 6.74. The van der Waals surface area contributed by atoms with Gasteiger partial charge in [0.15, 0.2) is 10.4 Å².